The maximum atomic E-state index is 13.5. The summed E-state index contributed by atoms with van der Waals surface area (Å²) in [7, 11) is 1.62. The number of aliphatic carboxylic acids is 1. The van der Waals surface area contributed by atoms with Crippen LogP contribution < -0.4 is 0 Å². The maximum Gasteiger partial charge on any atom is 0.323 e. The Morgan fingerprint density at radius 2 is 2.12 bits per heavy atom. The van der Waals surface area contributed by atoms with Crippen molar-refractivity contribution in [2.75, 3.05) is 7.05 Å². The highest BCUT2D eigenvalue weighted by Gasteiger charge is 2.32. The normalized spacial score (nSPS) is 11.9. The van der Waals surface area contributed by atoms with Gasteiger partial charge in [-0.3, -0.25) is 9.69 Å². The predicted octanol–water partition coefficient (Wildman–Crippen LogP) is 2.77. The van der Waals surface area contributed by atoms with Crippen molar-refractivity contribution in [1.29, 1.82) is 0 Å². The van der Waals surface area contributed by atoms with Crippen LogP contribution in [0.1, 0.15) is 19.4 Å². The first-order valence-electron chi connectivity index (χ1n) is 5.14. The topological polar surface area (TPSA) is 40.5 Å². The summed E-state index contributed by atoms with van der Waals surface area (Å²) in [6, 6.07) is 4.41. The van der Waals surface area contributed by atoms with Gasteiger partial charge in [0.05, 0.1) is 0 Å². The van der Waals surface area contributed by atoms with E-state index in [9.17, 15) is 9.18 Å². The lowest BCUT2D eigenvalue weighted by Gasteiger charge is -2.31. The molecule has 0 aliphatic carbocycles. The van der Waals surface area contributed by atoms with Gasteiger partial charge in [0.25, 0.3) is 0 Å². The molecule has 0 aromatic heterocycles. The molecule has 0 heterocycles. The van der Waals surface area contributed by atoms with Gasteiger partial charge in [0, 0.05) is 17.1 Å². The molecule has 0 unspecified atom stereocenters. The van der Waals surface area contributed by atoms with E-state index in [-0.39, 0.29) is 6.54 Å². The standard InChI is InChI=1S/C12H15ClFNO2/c1-12(2,11(16)17)15(3)7-8-9(13)5-4-6-10(8)14/h4-6H,7H2,1-3H3,(H,16,17). The van der Waals surface area contributed by atoms with Crippen molar-refractivity contribution in [1.82, 2.24) is 4.90 Å². The van der Waals surface area contributed by atoms with Crippen LogP contribution in [0.3, 0.4) is 0 Å². The Balaban J connectivity index is 2.96. The summed E-state index contributed by atoms with van der Waals surface area (Å²) in [4.78, 5) is 12.6. The number of benzene rings is 1. The average molecular weight is 260 g/mol. The van der Waals surface area contributed by atoms with Crippen LogP contribution in [0, 0.1) is 5.82 Å². The minimum absolute atomic E-state index is 0.144. The van der Waals surface area contributed by atoms with Gasteiger partial charge in [-0.05, 0) is 33.0 Å². The van der Waals surface area contributed by atoms with Crippen LogP contribution in [-0.2, 0) is 11.3 Å². The largest absolute Gasteiger partial charge is 0.480 e. The van der Waals surface area contributed by atoms with Crippen molar-refractivity contribution in [3.05, 3.63) is 34.6 Å². The lowest BCUT2D eigenvalue weighted by molar-refractivity contribution is -0.148. The molecular weight excluding hydrogens is 245 g/mol. The zero-order chi connectivity index (χ0) is 13.2. The fourth-order valence-electron chi connectivity index (χ4n) is 1.28. The van der Waals surface area contributed by atoms with Gasteiger partial charge in [0.15, 0.2) is 0 Å². The Morgan fingerprint density at radius 3 is 2.59 bits per heavy atom. The number of carboxylic acid groups (broad SMARTS) is 1. The number of rotatable bonds is 4. The van der Waals surface area contributed by atoms with E-state index >= 15 is 0 Å². The van der Waals surface area contributed by atoms with Crippen molar-refractivity contribution in [3.63, 3.8) is 0 Å². The van der Waals surface area contributed by atoms with Crippen molar-refractivity contribution in [3.8, 4) is 0 Å². The first-order valence-corrected chi connectivity index (χ1v) is 5.52. The van der Waals surface area contributed by atoms with Crippen LogP contribution >= 0.6 is 11.6 Å². The molecule has 0 bridgehead atoms. The molecule has 1 aromatic rings. The summed E-state index contributed by atoms with van der Waals surface area (Å²) in [6.07, 6.45) is 0. The summed E-state index contributed by atoms with van der Waals surface area (Å²) in [5, 5.41) is 9.36. The molecule has 0 fully saturated rings. The molecule has 0 amide bonds. The molecule has 3 nitrogen and oxygen atoms in total. The molecule has 0 saturated heterocycles. The Bertz CT molecular complexity index is 414. The predicted molar refractivity (Wildman–Crippen MR) is 64.6 cm³/mol. The van der Waals surface area contributed by atoms with Crippen LogP contribution in [0.5, 0.6) is 0 Å². The minimum atomic E-state index is -1.08. The van der Waals surface area contributed by atoms with Crippen LogP contribution in [0.2, 0.25) is 5.02 Å². The quantitative estimate of drug-likeness (QED) is 0.904. The van der Waals surface area contributed by atoms with Gasteiger partial charge < -0.3 is 5.11 Å². The van der Waals surface area contributed by atoms with E-state index in [2.05, 4.69) is 0 Å². The molecule has 1 rings (SSSR count). The molecule has 0 aliphatic heterocycles. The van der Waals surface area contributed by atoms with Crippen molar-refractivity contribution in [2.45, 2.75) is 25.9 Å². The number of nitrogens with zero attached hydrogens (tertiary/aromatic N) is 1. The summed E-state index contributed by atoms with van der Waals surface area (Å²) in [6.45, 7) is 3.26. The third-order valence-corrected chi connectivity index (χ3v) is 3.29. The third-order valence-electron chi connectivity index (χ3n) is 2.93. The first kappa shape index (κ1) is 13.9. The lowest BCUT2D eigenvalue weighted by atomic mass is 10.0. The zero-order valence-electron chi connectivity index (χ0n) is 10.00. The van der Waals surface area contributed by atoms with Crippen LogP contribution in [0.15, 0.2) is 18.2 Å². The number of hydrogen-bond acceptors (Lipinski definition) is 2. The monoisotopic (exact) mass is 259 g/mol. The SMILES string of the molecule is CN(Cc1c(F)cccc1Cl)C(C)(C)C(=O)O. The van der Waals surface area contributed by atoms with E-state index in [1.54, 1.807) is 31.9 Å². The maximum absolute atomic E-state index is 13.5. The summed E-state index contributed by atoms with van der Waals surface area (Å²) >= 11 is 5.89. The molecule has 0 saturated carbocycles. The van der Waals surface area contributed by atoms with Gasteiger partial charge in [0.1, 0.15) is 11.4 Å². The minimum Gasteiger partial charge on any atom is -0.480 e. The van der Waals surface area contributed by atoms with E-state index in [4.69, 9.17) is 16.7 Å². The second kappa shape index (κ2) is 5.02. The van der Waals surface area contributed by atoms with Crippen LogP contribution in [-0.4, -0.2) is 28.6 Å². The van der Waals surface area contributed by atoms with Crippen molar-refractivity contribution < 1.29 is 14.3 Å². The van der Waals surface area contributed by atoms with Gasteiger partial charge >= 0.3 is 5.97 Å². The molecule has 5 heteroatoms. The Labute approximate surface area is 105 Å². The van der Waals surface area contributed by atoms with E-state index in [1.165, 1.54) is 12.1 Å². The number of likely N-dealkylation sites (N-methyl/N-ethyl adjacent to an activating group) is 1. The summed E-state index contributed by atoms with van der Waals surface area (Å²) in [5.41, 5.74) is -0.767. The fourth-order valence-corrected chi connectivity index (χ4v) is 1.50. The molecule has 1 N–H and O–H groups in total. The molecule has 94 valence electrons. The Hall–Kier alpha value is -1.13. The van der Waals surface area contributed by atoms with Gasteiger partial charge in [-0.2, -0.15) is 0 Å². The van der Waals surface area contributed by atoms with Crippen molar-refractivity contribution in [2.24, 2.45) is 0 Å². The van der Waals surface area contributed by atoms with Crippen LogP contribution in [0.4, 0.5) is 4.39 Å². The van der Waals surface area contributed by atoms with Crippen molar-refractivity contribution >= 4 is 17.6 Å². The second-order valence-electron chi connectivity index (χ2n) is 4.42. The van der Waals surface area contributed by atoms with Gasteiger partial charge in [-0.1, -0.05) is 17.7 Å². The Morgan fingerprint density at radius 1 is 1.53 bits per heavy atom. The smallest absolute Gasteiger partial charge is 0.323 e. The summed E-state index contributed by atoms with van der Waals surface area (Å²) in [5.74, 6) is -1.39. The zero-order valence-corrected chi connectivity index (χ0v) is 10.8. The van der Waals surface area contributed by atoms with Crippen LogP contribution in [0.25, 0.3) is 0 Å². The molecule has 0 radical (unpaired) electrons. The number of hydrogen-bond donors (Lipinski definition) is 1. The molecular formula is C12H15ClFNO2. The molecule has 1 aromatic carbocycles. The molecule has 0 atom stereocenters. The number of halogens is 2. The second-order valence-corrected chi connectivity index (χ2v) is 4.83. The number of carbonyl (C=O) groups is 1. The first-order chi connectivity index (χ1) is 7.76. The molecule has 0 spiro atoms. The highest BCUT2D eigenvalue weighted by molar-refractivity contribution is 6.31. The summed E-state index contributed by atoms with van der Waals surface area (Å²) < 4.78 is 13.5. The van der Waals surface area contributed by atoms with E-state index in [0.29, 0.717) is 10.6 Å². The highest BCUT2D eigenvalue weighted by atomic mass is 35.5. The lowest BCUT2D eigenvalue weighted by Crippen LogP contribution is -2.47. The molecule has 17 heavy (non-hydrogen) atoms. The van der Waals surface area contributed by atoms with E-state index < -0.39 is 17.3 Å². The van der Waals surface area contributed by atoms with Gasteiger partial charge in [-0.15, -0.1) is 0 Å². The third kappa shape index (κ3) is 2.96. The van der Waals surface area contributed by atoms with E-state index in [0.717, 1.165) is 0 Å². The average Bonchev–Trinajstić information content (AvgIpc) is 2.23. The highest BCUT2D eigenvalue weighted by Crippen LogP contribution is 2.23. The fraction of sp³-hybridized carbons (Fsp3) is 0.417. The molecule has 0 aliphatic rings. The Kier molecular flexibility index (Phi) is 4.11. The van der Waals surface area contributed by atoms with E-state index in [1.807, 2.05) is 0 Å². The van der Waals surface area contributed by atoms with Gasteiger partial charge in [0.2, 0.25) is 0 Å². The number of carboxylic acids is 1. The van der Waals surface area contributed by atoms with Gasteiger partial charge in [-0.25, -0.2) is 4.39 Å².